The number of ether oxygens (including phenoxy) is 1. The first kappa shape index (κ1) is 9.13. The average molecular weight is 189 g/mol. The first-order valence-corrected chi connectivity index (χ1v) is 4.90. The minimum atomic E-state index is 0.922. The van der Waals surface area contributed by atoms with E-state index in [9.17, 15) is 0 Å². The number of rotatable bonds is 2. The SMILES string of the molecule is CCn1c(C)cc2cc(OC)ccc21. The quantitative estimate of drug-likeness (QED) is 0.708. The molecule has 0 unspecified atom stereocenters. The van der Waals surface area contributed by atoms with E-state index in [2.05, 4.69) is 36.6 Å². The smallest absolute Gasteiger partial charge is 0.119 e. The van der Waals surface area contributed by atoms with Gasteiger partial charge in [0.2, 0.25) is 0 Å². The molecular formula is C12H15NO. The second kappa shape index (κ2) is 3.37. The van der Waals surface area contributed by atoms with E-state index in [-0.39, 0.29) is 0 Å². The highest BCUT2D eigenvalue weighted by Gasteiger charge is 2.04. The summed E-state index contributed by atoms with van der Waals surface area (Å²) in [6.07, 6.45) is 0. The van der Waals surface area contributed by atoms with Crippen LogP contribution in [0.5, 0.6) is 5.75 Å². The van der Waals surface area contributed by atoms with E-state index in [1.807, 2.05) is 6.07 Å². The van der Waals surface area contributed by atoms with Crippen molar-refractivity contribution in [2.75, 3.05) is 7.11 Å². The molecule has 2 heteroatoms. The molecule has 0 aliphatic heterocycles. The van der Waals surface area contributed by atoms with Crippen LogP contribution in [-0.2, 0) is 6.54 Å². The Labute approximate surface area is 84.1 Å². The maximum Gasteiger partial charge on any atom is 0.119 e. The number of hydrogen-bond acceptors (Lipinski definition) is 1. The van der Waals surface area contributed by atoms with E-state index in [0.29, 0.717) is 0 Å². The standard InChI is InChI=1S/C12H15NO/c1-4-13-9(2)7-10-8-11(14-3)5-6-12(10)13/h5-8H,4H2,1-3H3. The molecule has 14 heavy (non-hydrogen) atoms. The first-order chi connectivity index (χ1) is 6.76. The van der Waals surface area contributed by atoms with E-state index in [1.54, 1.807) is 7.11 Å². The molecule has 1 aromatic heterocycles. The molecule has 2 nitrogen and oxygen atoms in total. The second-order valence-corrected chi connectivity index (χ2v) is 3.45. The Morgan fingerprint density at radius 3 is 2.71 bits per heavy atom. The molecule has 2 aromatic rings. The summed E-state index contributed by atoms with van der Waals surface area (Å²) in [7, 11) is 1.70. The molecule has 74 valence electrons. The van der Waals surface area contributed by atoms with Gasteiger partial charge in [0.05, 0.1) is 7.11 Å². The molecule has 0 fully saturated rings. The predicted molar refractivity (Wildman–Crippen MR) is 58.9 cm³/mol. The summed E-state index contributed by atoms with van der Waals surface area (Å²) in [6.45, 7) is 5.31. The maximum atomic E-state index is 5.20. The van der Waals surface area contributed by atoms with E-state index in [4.69, 9.17) is 4.74 Å². The van der Waals surface area contributed by atoms with Crippen LogP contribution < -0.4 is 4.74 Å². The van der Waals surface area contributed by atoms with Gasteiger partial charge in [0.15, 0.2) is 0 Å². The van der Waals surface area contributed by atoms with Crippen LogP contribution in [-0.4, -0.2) is 11.7 Å². The minimum absolute atomic E-state index is 0.922. The lowest BCUT2D eigenvalue weighted by Gasteiger charge is -2.04. The highest BCUT2D eigenvalue weighted by molar-refractivity contribution is 5.82. The van der Waals surface area contributed by atoms with Crippen molar-refractivity contribution < 1.29 is 4.74 Å². The monoisotopic (exact) mass is 189 g/mol. The fraction of sp³-hybridized carbons (Fsp3) is 0.333. The Kier molecular flexibility index (Phi) is 2.20. The molecule has 0 atom stereocenters. The maximum absolute atomic E-state index is 5.20. The molecule has 0 aliphatic carbocycles. The van der Waals surface area contributed by atoms with Crippen LogP contribution in [0.25, 0.3) is 10.9 Å². The molecule has 2 rings (SSSR count). The first-order valence-electron chi connectivity index (χ1n) is 4.90. The lowest BCUT2D eigenvalue weighted by molar-refractivity contribution is 0.415. The van der Waals surface area contributed by atoms with Crippen molar-refractivity contribution in [2.24, 2.45) is 0 Å². The molecule has 0 saturated carbocycles. The highest BCUT2D eigenvalue weighted by atomic mass is 16.5. The van der Waals surface area contributed by atoms with Crippen molar-refractivity contribution in [1.82, 2.24) is 4.57 Å². The molecule has 0 aliphatic rings. The summed E-state index contributed by atoms with van der Waals surface area (Å²) in [5, 5.41) is 1.25. The molecule has 0 N–H and O–H groups in total. The van der Waals surface area contributed by atoms with Crippen LogP contribution in [0, 0.1) is 6.92 Å². The van der Waals surface area contributed by atoms with Crippen molar-refractivity contribution in [3.63, 3.8) is 0 Å². The van der Waals surface area contributed by atoms with Crippen LogP contribution in [0.2, 0.25) is 0 Å². The van der Waals surface area contributed by atoms with Gasteiger partial charge >= 0.3 is 0 Å². The van der Waals surface area contributed by atoms with Gasteiger partial charge in [-0.15, -0.1) is 0 Å². The van der Waals surface area contributed by atoms with Crippen LogP contribution >= 0.6 is 0 Å². The summed E-state index contributed by atoms with van der Waals surface area (Å²) in [5.74, 6) is 0.922. The van der Waals surface area contributed by atoms with Gasteiger partial charge in [0.25, 0.3) is 0 Å². The van der Waals surface area contributed by atoms with Crippen molar-refractivity contribution in [2.45, 2.75) is 20.4 Å². The van der Waals surface area contributed by atoms with E-state index in [0.717, 1.165) is 12.3 Å². The largest absolute Gasteiger partial charge is 0.497 e. The number of benzene rings is 1. The fourth-order valence-electron chi connectivity index (χ4n) is 1.93. The van der Waals surface area contributed by atoms with Crippen molar-refractivity contribution in [1.29, 1.82) is 0 Å². The topological polar surface area (TPSA) is 14.2 Å². The van der Waals surface area contributed by atoms with Gasteiger partial charge in [-0.25, -0.2) is 0 Å². The summed E-state index contributed by atoms with van der Waals surface area (Å²) in [5.41, 5.74) is 2.58. The van der Waals surface area contributed by atoms with Crippen LogP contribution in [0.3, 0.4) is 0 Å². The average Bonchev–Trinajstić information content (AvgIpc) is 2.51. The molecule has 1 heterocycles. The zero-order valence-electron chi connectivity index (χ0n) is 8.87. The lowest BCUT2D eigenvalue weighted by Crippen LogP contribution is -1.95. The highest BCUT2D eigenvalue weighted by Crippen LogP contribution is 2.23. The number of fused-ring (bicyclic) bond motifs is 1. The molecule has 0 saturated heterocycles. The van der Waals surface area contributed by atoms with Crippen molar-refractivity contribution >= 4 is 10.9 Å². The molecule has 0 spiro atoms. The number of aromatic nitrogens is 1. The zero-order valence-corrected chi connectivity index (χ0v) is 8.87. The zero-order chi connectivity index (χ0) is 10.1. The third-order valence-electron chi connectivity index (χ3n) is 2.63. The van der Waals surface area contributed by atoms with E-state index < -0.39 is 0 Å². The fourth-order valence-corrected chi connectivity index (χ4v) is 1.93. The van der Waals surface area contributed by atoms with Crippen LogP contribution in [0.15, 0.2) is 24.3 Å². The predicted octanol–water partition coefficient (Wildman–Crippen LogP) is 2.98. The van der Waals surface area contributed by atoms with Crippen LogP contribution in [0.4, 0.5) is 0 Å². The van der Waals surface area contributed by atoms with Gasteiger partial charge in [0.1, 0.15) is 5.75 Å². The minimum Gasteiger partial charge on any atom is -0.497 e. The van der Waals surface area contributed by atoms with Gasteiger partial charge in [-0.2, -0.15) is 0 Å². The summed E-state index contributed by atoms with van der Waals surface area (Å²) < 4.78 is 7.50. The Morgan fingerprint density at radius 1 is 1.29 bits per heavy atom. The summed E-state index contributed by atoms with van der Waals surface area (Å²) in [4.78, 5) is 0. The van der Waals surface area contributed by atoms with Gasteiger partial charge in [0, 0.05) is 23.1 Å². The molecule has 1 aromatic carbocycles. The summed E-state index contributed by atoms with van der Waals surface area (Å²) in [6, 6.07) is 8.40. The van der Waals surface area contributed by atoms with Gasteiger partial charge < -0.3 is 9.30 Å². The van der Waals surface area contributed by atoms with Gasteiger partial charge in [-0.3, -0.25) is 0 Å². The Morgan fingerprint density at radius 2 is 2.07 bits per heavy atom. The van der Waals surface area contributed by atoms with Crippen molar-refractivity contribution in [3.05, 3.63) is 30.0 Å². The lowest BCUT2D eigenvalue weighted by atomic mass is 10.2. The van der Waals surface area contributed by atoms with Crippen LogP contribution in [0.1, 0.15) is 12.6 Å². The van der Waals surface area contributed by atoms with Gasteiger partial charge in [-0.1, -0.05) is 0 Å². The number of hydrogen-bond donors (Lipinski definition) is 0. The third-order valence-corrected chi connectivity index (χ3v) is 2.63. The van der Waals surface area contributed by atoms with E-state index in [1.165, 1.54) is 16.6 Å². The molecule has 0 amide bonds. The van der Waals surface area contributed by atoms with E-state index >= 15 is 0 Å². The number of nitrogens with zero attached hydrogens (tertiary/aromatic N) is 1. The Hall–Kier alpha value is -1.44. The summed E-state index contributed by atoms with van der Waals surface area (Å²) >= 11 is 0. The number of methoxy groups -OCH3 is 1. The molecule has 0 bridgehead atoms. The number of aryl methyl sites for hydroxylation is 2. The van der Waals surface area contributed by atoms with Gasteiger partial charge in [-0.05, 0) is 38.1 Å². The Bertz CT molecular complexity index is 457. The second-order valence-electron chi connectivity index (χ2n) is 3.45. The third kappa shape index (κ3) is 1.27. The Balaban J connectivity index is 2.68. The molecular weight excluding hydrogens is 174 g/mol. The normalized spacial score (nSPS) is 10.8. The molecule has 0 radical (unpaired) electrons. The van der Waals surface area contributed by atoms with Crippen molar-refractivity contribution in [3.8, 4) is 5.75 Å².